The summed E-state index contributed by atoms with van der Waals surface area (Å²) in [5.74, 6) is 1.35. The molecule has 0 aliphatic carbocycles. The predicted molar refractivity (Wildman–Crippen MR) is 137 cm³/mol. The minimum absolute atomic E-state index is 0.0122. The van der Waals surface area contributed by atoms with Crippen LogP contribution in [-0.4, -0.2) is 24.4 Å². The van der Waals surface area contributed by atoms with Crippen LogP contribution in [0, 0.1) is 13.8 Å². The van der Waals surface area contributed by atoms with Gasteiger partial charge in [-0.05, 0) is 66.6 Å². The molecule has 174 valence electrons. The van der Waals surface area contributed by atoms with Gasteiger partial charge in [0.1, 0.15) is 6.61 Å². The van der Waals surface area contributed by atoms with Gasteiger partial charge in [-0.3, -0.25) is 4.79 Å². The second-order valence-electron chi connectivity index (χ2n) is 8.14. The van der Waals surface area contributed by atoms with Crippen LogP contribution in [0.2, 0.25) is 0 Å². The molecule has 0 spiro atoms. The number of amides is 1. The summed E-state index contributed by atoms with van der Waals surface area (Å²) in [5, 5.41) is 3.77. The van der Waals surface area contributed by atoms with E-state index in [0.717, 1.165) is 29.3 Å². The van der Waals surface area contributed by atoms with Gasteiger partial charge in [0.25, 0.3) is 0 Å². The second kappa shape index (κ2) is 13.0. The van der Waals surface area contributed by atoms with Crippen LogP contribution in [0.3, 0.4) is 0 Å². The van der Waals surface area contributed by atoms with Gasteiger partial charge in [0.2, 0.25) is 5.91 Å². The molecule has 0 aliphatic rings. The van der Waals surface area contributed by atoms with Crippen molar-refractivity contribution in [3.63, 3.8) is 0 Å². The zero-order chi connectivity index (χ0) is 23.5. The van der Waals surface area contributed by atoms with Crippen molar-refractivity contribution in [1.82, 2.24) is 5.32 Å². The number of halogens is 1. The van der Waals surface area contributed by atoms with Gasteiger partial charge in [-0.25, -0.2) is 0 Å². The Labute approximate surface area is 205 Å². The first kappa shape index (κ1) is 24.8. The lowest BCUT2D eigenvalue weighted by molar-refractivity contribution is -0.120. The fourth-order valence-electron chi connectivity index (χ4n) is 3.51. The third kappa shape index (κ3) is 8.25. The molecule has 0 radical (unpaired) electrons. The minimum Gasteiger partial charge on any atom is -0.489 e. The normalized spacial score (nSPS) is 10.6. The Kier molecular flexibility index (Phi) is 9.82. The van der Waals surface area contributed by atoms with Gasteiger partial charge in [0, 0.05) is 11.9 Å². The highest BCUT2D eigenvalue weighted by molar-refractivity contribution is 9.09. The van der Waals surface area contributed by atoms with Crippen LogP contribution in [0.1, 0.15) is 34.2 Å². The molecule has 3 aromatic rings. The Bertz CT molecular complexity index is 1040. The summed E-state index contributed by atoms with van der Waals surface area (Å²) in [5.41, 5.74) is 5.91. The number of alkyl halides is 1. The van der Waals surface area contributed by atoms with E-state index in [1.807, 2.05) is 48.5 Å². The van der Waals surface area contributed by atoms with E-state index >= 15 is 0 Å². The number of rotatable bonds is 12. The maximum absolute atomic E-state index is 12.5. The number of carbonyl (C=O) groups excluding carboxylic acids is 1. The molecule has 3 aromatic carbocycles. The molecule has 33 heavy (non-hydrogen) atoms. The van der Waals surface area contributed by atoms with E-state index in [9.17, 15) is 4.79 Å². The Morgan fingerprint density at radius 3 is 2.39 bits per heavy atom. The molecular weight excluding hydrogens is 478 g/mol. The summed E-state index contributed by atoms with van der Waals surface area (Å²) in [4.78, 5) is 12.5. The molecule has 3 rings (SSSR count). The van der Waals surface area contributed by atoms with Gasteiger partial charge in [0.15, 0.2) is 11.5 Å². The largest absolute Gasteiger partial charge is 0.489 e. The molecule has 0 saturated carbocycles. The van der Waals surface area contributed by atoms with Crippen LogP contribution >= 0.6 is 15.9 Å². The molecule has 0 aliphatic heterocycles. The van der Waals surface area contributed by atoms with E-state index in [1.54, 1.807) is 0 Å². The van der Waals surface area contributed by atoms with Crippen LogP contribution < -0.4 is 14.8 Å². The van der Waals surface area contributed by atoms with Crippen LogP contribution in [0.25, 0.3) is 0 Å². The van der Waals surface area contributed by atoms with E-state index in [0.29, 0.717) is 37.7 Å². The fraction of sp³-hybridized carbons (Fsp3) is 0.321. The zero-order valence-corrected chi connectivity index (χ0v) is 21.0. The zero-order valence-electron chi connectivity index (χ0n) is 19.4. The highest BCUT2D eigenvalue weighted by atomic mass is 79.9. The molecule has 4 nitrogen and oxygen atoms in total. The maximum Gasteiger partial charge on any atom is 0.224 e. The van der Waals surface area contributed by atoms with Crippen LogP contribution in [0.15, 0.2) is 66.7 Å². The summed E-state index contributed by atoms with van der Waals surface area (Å²) in [7, 11) is 0. The van der Waals surface area contributed by atoms with Gasteiger partial charge in [-0.15, -0.1) is 0 Å². The highest BCUT2D eigenvalue weighted by Crippen LogP contribution is 2.29. The molecule has 0 bridgehead atoms. The molecule has 0 unspecified atom stereocenters. The number of hydrogen-bond acceptors (Lipinski definition) is 3. The van der Waals surface area contributed by atoms with Crippen molar-refractivity contribution in [2.45, 2.75) is 39.7 Å². The number of benzene rings is 3. The van der Waals surface area contributed by atoms with Crippen molar-refractivity contribution in [3.05, 3.63) is 94.5 Å². The van der Waals surface area contributed by atoms with Gasteiger partial charge in [-0.2, -0.15) is 0 Å². The van der Waals surface area contributed by atoms with E-state index in [4.69, 9.17) is 9.47 Å². The van der Waals surface area contributed by atoms with E-state index in [2.05, 4.69) is 53.3 Å². The maximum atomic E-state index is 12.5. The first-order chi connectivity index (χ1) is 16.0. The third-order valence-corrected chi connectivity index (χ3v) is 5.80. The van der Waals surface area contributed by atoms with Gasteiger partial charge in [0.05, 0.1) is 13.0 Å². The first-order valence-electron chi connectivity index (χ1n) is 11.4. The smallest absolute Gasteiger partial charge is 0.224 e. The molecule has 0 heterocycles. The molecule has 0 fully saturated rings. The van der Waals surface area contributed by atoms with Crippen molar-refractivity contribution in [3.8, 4) is 11.5 Å². The van der Waals surface area contributed by atoms with Gasteiger partial charge >= 0.3 is 0 Å². The second-order valence-corrected chi connectivity index (χ2v) is 8.93. The summed E-state index contributed by atoms with van der Waals surface area (Å²) >= 11 is 3.39. The summed E-state index contributed by atoms with van der Waals surface area (Å²) in [6.07, 6.45) is 2.18. The molecule has 0 atom stereocenters. The van der Waals surface area contributed by atoms with Gasteiger partial charge < -0.3 is 14.8 Å². The van der Waals surface area contributed by atoms with E-state index in [-0.39, 0.29) is 5.91 Å². The van der Waals surface area contributed by atoms with Crippen molar-refractivity contribution in [2.24, 2.45) is 0 Å². The number of nitrogens with one attached hydrogen (secondary N) is 1. The molecule has 1 amide bonds. The van der Waals surface area contributed by atoms with E-state index in [1.165, 1.54) is 16.7 Å². The summed E-state index contributed by atoms with van der Waals surface area (Å²) in [6, 6.07) is 22.3. The number of ether oxygens (including phenoxy) is 2. The lowest BCUT2D eigenvalue weighted by Gasteiger charge is -2.14. The average Bonchev–Trinajstić information content (AvgIpc) is 2.82. The lowest BCUT2D eigenvalue weighted by Crippen LogP contribution is -2.26. The minimum atomic E-state index is 0.0122. The third-order valence-electron chi connectivity index (χ3n) is 5.48. The predicted octanol–water partition coefficient (Wildman–Crippen LogP) is 5.95. The van der Waals surface area contributed by atoms with Gasteiger partial charge in [-0.1, -0.05) is 70.5 Å². The van der Waals surface area contributed by atoms with Crippen molar-refractivity contribution >= 4 is 21.8 Å². The lowest BCUT2D eigenvalue weighted by atomic mass is 10.0. The Morgan fingerprint density at radius 1 is 0.848 bits per heavy atom. The van der Waals surface area contributed by atoms with E-state index < -0.39 is 0 Å². The Morgan fingerprint density at radius 2 is 1.64 bits per heavy atom. The first-order valence-corrected chi connectivity index (χ1v) is 12.5. The number of aryl methyl sites for hydroxylation is 3. The quantitative estimate of drug-likeness (QED) is 0.242. The fourth-order valence-corrected chi connectivity index (χ4v) is 3.67. The number of hydrogen-bond donors (Lipinski definition) is 1. The van der Waals surface area contributed by atoms with Crippen molar-refractivity contribution < 1.29 is 14.3 Å². The standard InChI is InChI=1S/C28H32BrNO3/c1-21-10-11-23(17-22(21)2)9-6-15-30-28(31)19-25-12-13-26(32-16-14-29)27(18-25)33-20-24-7-4-3-5-8-24/h3-5,7-8,10-13,17-18H,6,9,14-16,19-20H2,1-2H3,(H,30,31). The van der Waals surface area contributed by atoms with Crippen LogP contribution in [0.4, 0.5) is 0 Å². The highest BCUT2D eigenvalue weighted by Gasteiger charge is 2.10. The Hall–Kier alpha value is -2.79. The van der Waals surface area contributed by atoms with Crippen LogP contribution in [0.5, 0.6) is 11.5 Å². The molecular formula is C28H32BrNO3. The Balaban J connectivity index is 1.52. The number of carbonyl (C=O) groups is 1. The monoisotopic (exact) mass is 509 g/mol. The molecule has 1 N–H and O–H groups in total. The summed E-state index contributed by atoms with van der Waals surface area (Å²) in [6.45, 7) is 5.91. The SMILES string of the molecule is Cc1ccc(CCCNC(=O)Cc2ccc(OCCBr)c(OCc3ccccc3)c2)cc1C. The van der Waals surface area contributed by atoms with Crippen LogP contribution in [-0.2, 0) is 24.2 Å². The van der Waals surface area contributed by atoms with Crippen molar-refractivity contribution in [2.75, 3.05) is 18.5 Å². The molecule has 5 heteroatoms. The average molecular weight is 510 g/mol. The molecule has 0 aromatic heterocycles. The molecule has 0 saturated heterocycles. The topological polar surface area (TPSA) is 47.6 Å². The van der Waals surface area contributed by atoms with Crippen molar-refractivity contribution in [1.29, 1.82) is 0 Å². The summed E-state index contributed by atoms with van der Waals surface area (Å²) < 4.78 is 11.8.